The summed E-state index contributed by atoms with van der Waals surface area (Å²) in [4.78, 5) is 26.6. The minimum Gasteiger partial charge on any atom is -0.467 e. The van der Waals surface area contributed by atoms with Gasteiger partial charge in [-0.2, -0.15) is 0 Å². The van der Waals surface area contributed by atoms with Crippen LogP contribution in [0, 0.1) is 0 Å². The zero-order valence-electron chi connectivity index (χ0n) is 15.9. The molecule has 0 aliphatic heterocycles. The number of hydrogen-bond acceptors (Lipinski definition) is 5. The van der Waals surface area contributed by atoms with Gasteiger partial charge in [-0.1, -0.05) is 12.1 Å². The first-order chi connectivity index (χ1) is 14.0. The lowest BCUT2D eigenvalue weighted by Gasteiger charge is -2.21. The zero-order chi connectivity index (χ0) is 20.6. The van der Waals surface area contributed by atoms with Gasteiger partial charge < -0.3 is 23.8 Å². The van der Waals surface area contributed by atoms with E-state index in [0.29, 0.717) is 30.1 Å². The summed E-state index contributed by atoms with van der Waals surface area (Å²) < 4.78 is 16.2. The number of carbonyl (C=O) groups is 2. The molecule has 0 saturated carbocycles. The van der Waals surface area contributed by atoms with E-state index in [2.05, 4.69) is 21.2 Å². The van der Waals surface area contributed by atoms with Crippen molar-refractivity contribution in [2.75, 3.05) is 25.6 Å². The fourth-order valence-corrected chi connectivity index (χ4v) is 3.01. The highest BCUT2D eigenvalue weighted by molar-refractivity contribution is 9.10. The molecule has 8 heteroatoms. The third-order valence-electron chi connectivity index (χ3n) is 4.21. The van der Waals surface area contributed by atoms with Crippen LogP contribution in [0.15, 0.2) is 68.3 Å². The molecule has 0 aliphatic rings. The highest BCUT2D eigenvalue weighted by atomic mass is 79.9. The summed E-state index contributed by atoms with van der Waals surface area (Å²) in [7, 11) is 1.60. The van der Waals surface area contributed by atoms with Crippen LogP contribution in [-0.2, 0) is 22.5 Å². The molecule has 3 rings (SSSR count). The summed E-state index contributed by atoms with van der Waals surface area (Å²) in [5, 5.41) is 2.75. The number of halogens is 1. The van der Waals surface area contributed by atoms with E-state index in [1.807, 2.05) is 18.2 Å². The fourth-order valence-electron chi connectivity index (χ4n) is 2.71. The SMILES string of the molecule is COCCN(Cc1ccco1)C(=O)Cc1ccc(NC(=O)c2ccc(Br)o2)cc1. The van der Waals surface area contributed by atoms with E-state index in [0.717, 1.165) is 11.3 Å². The number of hydrogen-bond donors (Lipinski definition) is 1. The Morgan fingerprint density at radius 3 is 2.55 bits per heavy atom. The molecule has 2 aromatic heterocycles. The molecule has 7 nitrogen and oxygen atoms in total. The van der Waals surface area contributed by atoms with Crippen LogP contribution in [0.1, 0.15) is 21.9 Å². The van der Waals surface area contributed by atoms with Gasteiger partial charge in [-0.05, 0) is 57.9 Å². The quantitative estimate of drug-likeness (QED) is 0.519. The number of amides is 2. The minimum absolute atomic E-state index is 0.0318. The van der Waals surface area contributed by atoms with Crippen molar-refractivity contribution in [3.63, 3.8) is 0 Å². The van der Waals surface area contributed by atoms with E-state index >= 15 is 0 Å². The van der Waals surface area contributed by atoms with Crippen molar-refractivity contribution < 1.29 is 23.2 Å². The topological polar surface area (TPSA) is 84.9 Å². The molecule has 0 radical (unpaired) electrons. The minimum atomic E-state index is -0.344. The smallest absolute Gasteiger partial charge is 0.291 e. The first-order valence-corrected chi connectivity index (χ1v) is 9.79. The highest BCUT2D eigenvalue weighted by Gasteiger charge is 2.16. The second-order valence-corrected chi connectivity index (χ2v) is 7.10. The average molecular weight is 461 g/mol. The van der Waals surface area contributed by atoms with Crippen molar-refractivity contribution in [3.8, 4) is 0 Å². The van der Waals surface area contributed by atoms with Gasteiger partial charge >= 0.3 is 0 Å². The van der Waals surface area contributed by atoms with Crippen LogP contribution in [0.25, 0.3) is 0 Å². The fraction of sp³-hybridized carbons (Fsp3) is 0.238. The van der Waals surface area contributed by atoms with Crippen molar-refractivity contribution in [1.29, 1.82) is 0 Å². The Bertz CT molecular complexity index is 934. The van der Waals surface area contributed by atoms with Crippen LogP contribution in [0.2, 0.25) is 0 Å². The van der Waals surface area contributed by atoms with E-state index in [4.69, 9.17) is 13.6 Å². The first kappa shape index (κ1) is 20.9. The van der Waals surface area contributed by atoms with Gasteiger partial charge in [-0.3, -0.25) is 9.59 Å². The van der Waals surface area contributed by atoms with Gasteiger partial charge in [-0.25, -0.2) is 0 Å². The normalized spacial score (nSPS) is 10.7. The van der Waals surface area contributed by atoms with Gasteiger partial charge in [-0.15, -0.1) is 0 Å². The Kier molecular flexibility index (Phi) is 7.26. The molecule has 2 amide bonds. The van der Waals surface area contributed by atoms with Crippen LogP contribution < -0.4 is 5.32 Å². The molecule has 0 atom stereocenters. The molecule has 0 bridgehead atoms. The van der Waals surface area contributed by atoms with Crippen LogP contribution in [-0.4, -0.2) is 37.0 Å². The maximum atomic E-state index is 12.7. The van der Waals surface area contributed by atoms with Gasteiger partial charge in [0, 0.05) is 19.3 Å². The third-order valence-corrected chi connectivity index (χ3v) is 4.64. The van der Waals surface area contributed by atoms with Gasteiger partial charge in [0.05, 0.1) is 25.8 Å². The average Bonchev–Trinajstić information content (AvgIpc) is 3.38. The number of rotatable bonds is 9. The van der Waals surface area contributed by atoms with E-state index in [1.54, 1.807) is 48.6 Å². The summed E-state index contributed by atoms with van der Waals surface area (Å²) in [6, 6.07) is 14.0. The van der Waals surface area contributed by atoms with Crippen molar-refractivity contribution in [2.24, 2.45) is 0 Å². The standard InChI is InChI=1S/C21H21BrN2O5/c1-27-12-10-24(14-17-3-2-11-28-17)20(25)13-15-4-6-16(7-5-15)23-21(26)18-8-9-19(22)29-18/h2-9,11H,10,12-14H2,1H3,(H,23,26). The number of anilines is 1. The zero-order valence-corrected chi connectivity index (χ0v) is 17.5. The van der Waals surface area contributed by atoms with E-state index in [-0.39, 0.29) is 24.0 Å². The summed E-state index contributed by atoms with van der Waals surface area (Å²) >= 11 is 3.17. The lowest BCUT2D eigenvalue weighted by atomic mass is 10.1. The van der Waals surface area contributed by atoms with Gasteiger partial charge in [0.15, 0.2) is 10.4 Å². The van der Waals surface area contributed by atoms with Crippen molar-refractivity contribution in [3.05, 3.63) is 76.5 Å². The van der Waals surface area contributed by atoms with Crippen LogP contribution >= 0.6 is 15.9 Å². The third kappa shape index (κ3) is 6.07. The molecule has 0 aliphatic carbocycles. The van der Waals surface area contributed by atoms with Gasteiger partial charge in [0.1, 0.15) is 5.76 Å². The second-order valence-electron chi connectivity index (χ2n) is 6.32. The highest BCUT2D eigenvalue weighted by Crippen LogP contribution is 2.17. The molecule has 0 spiro atoms. The maximum absolute atomic E-state index is 12.7. The molecular formula is C21H21BrN2O5. The van der Waals surface area contributed by atoms with Gasteiger partial charge in [0.2, 0.25) is 5.91 Å². The van der Waals surface area contributed by atoms with Crippen molar-refractivity contribution in [1.82, 2.24) is 4.90 Å². The molecule has 0 fully saturated rings. The predicted octanol–water partition coefficient (Wildman–Crippen LogP) is 4.11. The molecule has 3 aromatic rings. The Morgan fingerprint density at radius 1 is 1.14 bits per heavy atom. The monoisotopic (exact) mass is 460 g/mol. The Labute approximate surface area is 176 Å². The molecule has 152 valence electrons. The number of nitrogens with one attached hydrogen (secondary N) is 1. The molecule has 1 aromatic carbocycles. The predicted molar refractivity (Wildman–Crippen MR) is 111 cm³/mol. The molecular weight excluding hydrogens is 440 g/mol. The Hall–Kier alpha value is -2.84. The molecule has 29 heavy (non-hydrogen) atoms. The molecule has 1 N–H and O–H groups in total. The number of carbonyl (C=O) groups excluding carboxylic acids is 2. The summed E-state index contributed by atoms with van der Waals surface area (Å²) in [6.07, 6.45) is 1.83. The Morgan fingerprint density at radius 2 is 1.93 bits per heavy atom. The lowest BCUT2D eigenvalue weighted by molar-refractivity contribution is -0.132. The van der Waals surface area contributed by atoms with E-state index in [9.17, 15) is 9.59 Å². The molecule has 0 saturated heterocycles. The number of ether oxygens (including phenoxy) is 1. The van der Waals surface area contributed by atoms with Crippen molar-refractivity contribution in [2.45, 2.75) is 13.0 Å². The van der Waals surface area contributed by atoms with Crippen molar-refractivity contribution >= 4 is 33.4 Å². The van der Waals surface area contributed by atoms with E-state index < -0.39 is 0 Å². The second kappa shape index (κ2) is 10.1. The largest absolute Gasteiger partial charge is 0.467 e. The molecule has 0 unspecified atom stereocenters. The van der Waals surface area contributed by atoms with Gasteiger partial charge in [0.25, 0.3) is 5.91 Å². The Balaban J connectivity index is 1.59. The summed E-state index contributed by atoms with van der Waals surface area (Å²) in [6.45, 7) is 1.31. The first-order valence-electron chi connectivity index (χ1n) is 9.00. The lowest BCUT2D eigenvalue weighted by Crippen LogP contribution is -2.34. The van der Waals surface area contributed by atoms with Crippen LogP contribution in [0.4, 0.5) is 5.69 Å². The summed E-state index contributed by atoms with van der Waals surface area (Å²) in [5.74, 6) is 0.555. The summed E-state index contributed by atoms with van der Waals surface area (Å²) in [5.41, 5.74) is 1.46. The van der Waals surface area contributed by atoms with Crippen LogP contribution in [0.3, 0.4) is 0 Å². The van der Waals surface area contributed by atoms with Crippen LogP contribution in [0.5, 0.6) is 0 Å². The number of nitrogens with zero attached hydrogens (tertiary/aromatic N) is 1. The number of methoxy groups -OCH3 is 1. The number of furan rings is 2. The maximum Gasteiger partial charge on any atom is 0.291 e. The molecule has 2 heterocycles. The number of benzene rings is 1. The van der Waals surface area contributed by atoms with E-state index in [1.165, 1.54) is 0 Å².